The largest absolute Gasteiger partial charge is 0.491 e. The Kier molecular flexibility index (Phi) is 7.79. The molecule has 5 heteroatoms. The van der Waals surface area contributed by atoms with Crippen molar-refractivity contribution in [1.82, 2.24) is 10.2 Å². The van der Waals surface area contributed by atoms with Crippen LogP contribution >= 0.6 is 12.2 Å². The maximum atomic E-state index is 5.64. The van der Waals surface area contributed by atoms with E-state index in [9.17, 15) is 0 Å². The maximum Gasteiger partial charge on any atom is 0.170 e. The lowest BCUT2D eigenvalue weighted by molar-refractivity contribution is 0.182. The number of likely N-dealkylation sites (tertiary alicyclic amines) is 1. The minimum atomic E-state index is 0.189. The summed E-state index contributed by atoms with van der Waals surface area (Å²) in [6.45, 7) is 10.9. The highest BCUT2D eigenvalue weighted by Gasteiger charge is 2.15. The van der Waals surface area contributed by atoms with Crippen LogP contribution in [0.3, 0.4) is 0 Å². The third-order valence-corrected chi connectivity index (χ3v) is 4.41. The molecule has 0 radical (unpaired) electrons. The molecule has 4 nitrogen and oxygen atoms in total. The van der Waals surface area contributed by atoms with Gasteiger partial charge >= 0.3 is 0 Å². The van der Waals surface area contributed by atoms with Crippen LogP contribution in [-0.2, 0) is 0 Å². The molecule has 1 atom stereocenters. The quantitative estimate of drug-likeness (QED) is 0.577. The van der Waals surface area contributed by atoms with Crippen molar-refractivity contribution < 1.29 is 4.74 Å². The molecular formula is C19H31N3OS. The smallest absolute Gasteiger partial charge is 0.170 e. The number of benzene rings is 1. The molecule has 134 valence electrons. The van der Waals surface area contributed by atoms with Gasteiger partial charge in [0, 0.05) is 18.8 Å². The average molecular weight is 350 g/mol. The molecule has 1 aromatic carbocycles. The van der Waals surface area contributed by atoms with Crippen LogP contribution in [0.15, 0.2) is 24.3 Å². The van der Waals surface area contributed by atoms with Crippen LogP contribution in [0.5, 0.6) is 5.75 Å². The van der Waals surface area contributed by atoms with Crippen LogP contribution in [0.2, 0.25) is 0 Å². The van der Waals surface area contributed by atoms with E-state index in [1.54, 1.807) is 0 Å². The first-order chi connectivity index (χ1) is 11.5. The molecular weight excluding hydrogens is 318 g/mol. The number of hydrogen-bond donors (Lipinski definition) is 2. The summed E-state index contributed by atoms with van der Waals surface area (Å²) >= 11 is 5.36. The molecule has 1 saturated heterocycles. The monoisotopic (exact) mass is 349 g/mol. The topological polar surface area (TPSA) is 36.5 Å². The van der Waals surface area contributed by atoms with Gasteiger partial charge in [-0.25, -0.2) is 0 Å². The summed E-state index contributed by atoms with van der Waals surface area (Å²) in [7, 11) is 0. The van der Waals surface area contributed by atoms with Crippen molar-refractivity contribution in [3.63, 3.8) is 0 Å². The first-order valence-corrected chi connectivity index (χ1v) is 9.47. The normalized spacial score (nSPS) is 18.4. The first kappa shape index (κ1) is 19.0. The minimum Gasteiger partial charge on any atom is -0.491 e. The van der Waals surface area contributed by atoms with Gasteiger partial charge in [0.15, 0.2) is 5.11 Å². The lowest BCUT2D eigenvalue weighted by Gasteiger charge is -2.30. The number of ether oxygens (including phenoxy) is 1. The van der Waals surface area contributed by atoms with Crippen LogP contribution in [0.25, 0.3) is 0 Å². The molecule has 0 aliphatic carbocycles. The standard InChI is InChI=1S/C19H31N3OS/c1-15(2)23-18-9-7-17(8-10-18)21-19(24)20-11-5-13-22-12-4-6-16(3)14-22/h7-10,15-16H,4-6,11-14H2,1-3H3,(H2,20,21,24)/t16-/m0/s1. The molecule has 0 saturated carbocycles. The van der Waals surface area contributed by atoms with E-state index < -0.39 is 0 Å². The number of anilines is 1. The zero-order valence-electron chi connectivity index (χ0n) is 15.2. The lowest BCUT2D eigenvalue weighted by Crippen LogP contribution is -2.37. The van der Waals surface area contributed by atoms with Crippen molar-refractivity contribution in [2.75, 3.05) is 31.5 Å². The molecule has 2 N–H and O–H groups in total. The Balaban J connectivity index is 1.62. The van der Waals surface area contributed by atoms with Gasteiger partial charge in [-0.05, 0) is 88.6 Å². The number of hydrogen-bond acceptors (Lipinski definition) is 3. The van der Waals surface area contributed by atoms with Crippen molar-refractivity contribution >= 4 is 23.0 Å². The summed E-state index contributed by atoms with van der Waals surface area (Å²) in [6, 6.07) is 7.90. The van der Waals surface area contributed by atoms with E-state index in [-0.39, 0.29) is 6.10 Å². The summed E-state index contributed by atoms with van der Waals surface area (Å²) in [5.74, 6) is 1.72. The Labute approximate surface area is 152 Å². The van der Waals surface area contributed by atoms with Crippen molar-refractivity contribution in [1.29, 1.82) is 0 Å². The van der Waals surface area contributed by atoms with E-state index in [0.29, 0.717) is 5.11 Å². The molecule has 0 amide bonds. The van der Waals surface area contributed by atoms with Crippen molar-refractivity contribution in [3.05, 3.63) is 24.3 Å². The molecule has 0 bridgehead atoms. The predicted octanol–water partition coefficient (Wildman–Crippen LogP) is 3.88. The Hall–Kier alpha value is -1.33. The Morgan fingerprint density at radius 3 is 2.75 bits per heavy atom. The second-order valence-electron chi connectivity index (χ2n) is 6.97. The van der Waals surface area contributed by atoms with Gasteiger partial charge in [-0.2, -0.15) is 0 Å². The van der Waals surface area contributed by atoms with Crippen molar-refractivity contribution in [3.8, 4) is 5.75 Å². The second kappa shape index (κ2) is 9.84. The van der Waals surface area contributed by atoms with Gasteiger partial charge < -0.3 is 20.3 Å². The highest BCUT2D eigenvalue weighted by atomic mass is 32.1. The molecule has 0 spiro atoms. The Morgan fingerprint density at radius 1 is 1.33 bits per heavy atom. The van der Waals surface area contributed by atoms with E-state index in [4.69, 9.17) is 17.0 Å². The van der Waals surface area contributed by atoms with Crippen molar-refractivity contribution in [2.45, 2.75) is 46.1 Å². The number of nitrogens with zero attached hydrogens (tertiary/aromatic N) is 1. The summed E-state index contributed by atoms with van der Waals surface area (Å²) in [6.07, 6.45) is 4.03. The Bertz CT molecular complexity index is 504. The van der Waals surface area contributed by atoms with Gasteiger partial charge in [0.05, 0.1) is 6.10 Å². The zero-order valence-corrected chi connectivity index (χ0v) is 16.0. The first-order valence-electron chi connectivity index (χ1n) is 9.07. The minimum absolute atomic E-state index is 0.189. The fourth-order valence-electron chi connectivity index (χ4n) is 3.06. The molecule has 0 aromatic heterocycles. The van der Waals surface area contributed by atoms with Gasteiger partial charge in [-0.3, -0.25) is 0 Å². The van der Waals surface area contributed by atoms with Crippen LogP contribution in [0.4, 0.5) is 5.69 Å². The fourth-order valence-corrected chi connectivity index (χ4v) is 3.28. The summed E-state index contributed by atoms with van der Waals surface area (Å²) in [4.78, 5) is 2.57. The van der Waals surface area contributed by atoms with Gasteiger partial charge in [0.2, 0.25) is 0 Å². The van der Waals surface area contributed by atoms with Crippen LogP contribution < -0.4 is 15.4 Å². The number of rotatable bonds is 7. The van der Waals surface area contributed by atoms with E-state index in [2.05, 4.69) is 22.5 Å². The maximum absolute atomic E-state index is 5.64. The SMILES string of the molecule is CC(C)Oc1ccc(NC(=S)NCCCN2CCC[C@H](C)C2)cc1. The van der Waals surface area contributed by atoms with Gasteiger partial charge in [0.25, 0.3) is 0 Å². The van der Waals surface area contributed by atoms with Gasteiger partial charge in [0.1, 0.15) is 5.75 Å². The lowest BCUT2D eigenvalue weighted by atomic mass is 10.0. The third-order valence-electron chi connectivity index (χ3n) is 4.16. The van der Waals surface area contributed by atoms with E-state index in [1.807, 2.05) is 38.1 Å². The molecule has 1 aromatic rings. The molecule has 1 aliphatic rings. The molecule has 1 aliphatic heterocycles. The molecule has 1 fully saturated rings. The second-order valence-corrected chi connectivity index (χ2v) is 7.38. The molecule has 1 heterocycles. The molecule has 0 unspecified atom stereocenters. The van der Waals surface area contributed by atoms with Crippen molar-refractivity contribution in [2.24, 2.45) is 5.92 Å². The Morgan fingerprint density at radius 2 is 2.08 bits per heavy atom. The number of nitrogens with one attached hydrogen (secondary N) is 2. The molecule has 24 heavy (non-hydrogen) atoms. The summed E-state index contributed by atoms with van der Waals surface area (Å²) < 4.78 is 5.64. The van der Waals surface area contributed by atoms with E-state index in [0.717, 1.165) is 36.9 Å². The number of thiocarbonyl (C=S) groups is 1. The summed E-state index contributed by atoms with van der Waals surface area (Å²) in [5.41, 5.74) is 0.980. The molecule has 2 rings (SSSR count). The van der Waals surface area contributed by atoms with Gasteiger partial charge in [-0.1, -0.05) is 6.92 Å². The highest BCUT2D eigenvalue weighted by Crippen LogP contribution is 2.17. The zero-order chi connectivity index (χ0) is 17.4. The van der Waals surface area contributed by atoms with Crippen LogP contribution in [0, 0.1) is 5.92 Å². The average Bonchev–Trinajstić information content (AvgIpc) is 2.53. The highest BCUT2D eigenvalue weighted by molar-refractivity contribution is 7.80. The summed E-state index contributed by atoms with van der Waals surface area (Å²) in [5, 5.41) is 7.19. The third kappa shape index (κ3) is 7.05. The number of piperidine rings is 1. The fraction of sp³-hybridized carbons (Fsp3) is 0.632. The van der Waals surface area contributed by atoms with Crippen LogP contribution in [0.1, 0.15) is 40.0 Å². The predicted molar refractivity (Wildman–Crippen MR) is 106 cm³/mol. The van der Waals surface area contributed by atoms with E-state index in [1.165, 1.54) is 25.9 Å². The van der Waals surface area contributed by atoms with Crippen LogP contribution in [-0.4, -0.2) is 42.3 Å². The van der Waals surface area contributed by atoms with Gasteiger partial charge in [-0.15, -0.1) is 0 Å². The van der Waals surface area contributed by atoms with E-state index >= 15 is 0 Å².